The summed E-state index contributed by atoms with van der Waals surface area (Å²) in [6, 6.07) is -0.168. The second-order valence-electron chi connectivity index (χ2n) is 4.12. The van der Waals surface area contributed by atoms with Crippen molar-refractivity contribution in [1.29, 1.82) is 0 Å². The molecular weight excluding hydrogens is 182 g/mol. The van der Waals surface area contributed by atoms with Crippen LogP contribution in [0.3, 0.4) is 0 Å². The van der Waals surface area contributed by atoms with E-state index in [4.69, 9.17) is 10.2 Å². The third-order valence-electron chi connectivity index (χ3n) is 2.62. The second-order valence-corrected chi connectivity index (χ2v) is 4.12. The van der Waals surface area contributed by atoms with E-state index in [0.717, 1.165) is 0 Å². The first-order valence-corrected chi connectivity index (χ1v) is 4.99. The Morgan fingerprint density at radius 3 is 2.07 bits per heavy atom. The number of rotatable bonds is 6. The molecule has 0 rings (SSSR count). The van der Waals surface area contributed by atoms with Gasteiger partial charge in [0.1, 0.15) is 0 Å². The van der Waals surface area contributed by atoms with E-state index in [1.165, 1.54) is 0 Å². The molecule has 0 aromatic rings. The monoisotopic (exact) mass is 203 g/mol. The zero-order chi connectivity index (χ0) is 11.3. The lowest BCUT2D eigenvalue weighted by Crippen LogP contribution is -2.46. The molecule has 0 radical (unpaired) electrons. The number of aliphatic hydroxyl groups excluding tert-OH is 1. The quantitative estimate of drug-likeness (QED) is 0.594. The van der Waals surface area contributed by atoms with Gasteiger partial charge in [0.05, 0.1) is 12.5 Å². The van der Waals surface area contributed by atoms with Crippen LogP contribution in [0.4, 0.5) is 0 Å². The van der Waals surface area contributed by atoms with Crippen molar-refractivity contribution in [2.45, 2.75) is 39.8 Å². The number of hydrogen-bond acceptors (Lipinski definition) is 3. The van der Waals surface area contributed by atoms with E-state index in [-0.39, 0.29) is 18.7 Å². The Kier molecular flexibility index (Phi) is 5.72. The summed E-state index contributed by atoms with van der Waals surface area (Å²) in [5, 5.41) is 20.9. The molecule has 0 aromatic heterocycles. The maximum atomic E-state index is 10.7. The first-order valence-electron chi connectivity index (χ1n) is 4.99. The SMILES string of the molecule is CC(C)C(CO)NC(C)C(C)C(=O)O. The van der Waals surface area contributed by atoms with Crippen LogP contribution < -0.4 is 5.32 Å². The van der Waals surface area contributed by atoms with Crippen LogP contribution in [-0.4, -0.2) is 34.9 Å². The lowest BCUT2D eigenvalue weighted by atomic mass is 9.99. The Hall–Kier alpha value is -0.610. The average molecular weight is 203 g/mol. The largest absolute Gasteiger partial charge is 0.481 e. The Morgan fingerprint density at radius 2 is 1.79 bits per heavy atom. The maximum Gasteiger partial charge on any atom is 0.307 e. The number of carboxylic acids is 1. The van der Waals surface area contributed by atoms with E-state index < -0.39 is 11.9 Å². The van der Waals surface area contributed by atoms with Gasteiger partial charge in [0.15, 0.2) is 0 Å². The van der Waals surface area contributed by atoms with Gasteiger partial charge in [0.25, 0.3) is 0 Å². The number of nitrogens with one attached hydrogen (secondary N) is 1. The van der Waals surface area contributed by atoms with Gasteiger partial charge in [-0.25, -0.2) is 0 Å². The summed E-state index contributed by atoms with van der Waals surface area (Å²) in [5.74, 6) is -0.961. The molecule has 4 nitrogen and oxygen atoms in total. The fourth-order valence-corrected chi connectivity index (χ4v) is 1.15. The third-order valence-corrected chi connectivity index (χ3v) is 2.62. The molecule has 0 aliphatic rings. The van der Waals surface area contributed by atoms with Crippen molar-refractivity contribution >= 4 is 5.97 Å². The van der Waals surface area contributed by atoms with E-state index in [1.807, 2.05) is 20.8 Å². The zero-order valence-electron chi connectivity index (χ0n) is 9.32. The van der Waals surface area contributed by atoms with Gasteiger partial charge in [-0.2, -0.15) is 0 Å². The molecule has 3 unspecified atom stereocenters. The molecule has 14 heavy (non-hydrogen) atoms. The molecule has 0 fully saturated rings. The second kappa shape index (κ2) is 5.98. The Labute approximate surface area is 85.3 Å². The van der Waals surface area contributed by atoms with E-state index in [1.54, 1.807) is 6.92 Å². The highest BCUT2D eigenvalue weighted by Crippen LogP contribution is 2.07. The summed E-state index contributed by atoms with van der Waals surface area (Å²) in [6.45, 7) is 7.50. The van der Waals surface area contributed by atoms with Crippen LogP contribution in [-0.2, 0) is 4.79 Å². The van der Waals surface area contributed by atoms with Crippen LogP contribution in [0.2, 0.25) is 0 Å². The molecule has 0 heterocycles. The normalized spacial score (nSPS) is 17.9. The van der Waals surface area contributed by atoms with Gasteiger partial charge < -0.3 is 15.5 Å². The van der Waals surface area contributed by atoms with E-state index >= 15 is 0 Å². The van der Waals surface area contributed by atoms with E-state index in [0.29, 0.717) is 5.92 Å². The molecule has 0 amide bonds. The van der Waals surface area contributed by atoms with Gasteiger partial charge in [0, 0.05) is 12.1 Å². The van der Waals surface area contributed by atoms with Crippen molar-refractivity contribution in [3.63, 3.8) is 0 Å². The number of hydrogen-bond donors (Lipinski definition) is 3. The van der Waals surface area contributed by atoms with Crippen molar-refractivity contribution in [3.05, 3.63) is 0 Å². The van der Waals surface area contributed by atoms with Crippen LogP contribution in [0.25, 0.3) is 0 Å². The molecule has 3 atom stereocenters. The minimum absolute atomic E-state index is 0.0354. The molecule has 0 aliphatic carbocycles. The van der Waals surface area contributed by atoms with Crippen LogP contribution >= 0.6 is 0 Å². The van der Waals surface area contributed by atoms with Gasteiger partial charge in [-0.1, -0.05) is 20.8 Å². The summed E-state index contributed by atoms with van der Waals surface area (Å²) >= 11 is 0. The fraction of sp³-hybridized carbons (Fsp3) is 0.900. The Balaban J connectivity index is 4.14. The molecule has 4 heteroatoms. The summed E-state index contributed by atoms with van der Waals surface area (Å²) in [4.78, 5) is 10.7. The van der Waals surface area contributed by atoms with Crippen molar-refractivity contribution < 1.29 is 15.0 Å². The average Bonchev–Trinajstić information content (AvgIpc) is 2.11. The standard InChI is InChI=1S/C10H21NO3/c1-6(2)9(5-12)11-8(4)7(3)10(13)14/h6-9,11-12H,5H2,1-4H3,(H,13,14). The first kappa shape index (κ1) is 13.4. The number of aliphatic hydroxyl groups is 1. The van der Waals surface area contributed by atoms with Crippen molar-refractivity contribution in [3.8, 4) is 0 Å². The highest BCUT2D eigenvalue weighted by Gasteiger charge is 2.22. The highest BCUT2D eigenvalue weighted by atomic mass is 16.4. The summed E-state index contributed by atoms with van der Waals surface area (Å²) in [5.41, 5.74) is 0. The van der Waals surface area contributed by atoms with Gasteiger partial charge in [-0.05, 0) is 12.8 Å². The molecule has 0 saturated carbocycles. The van der Waals surface area contributed by atoms with Crippen molar-refractivity contribution in [1.82, 2.24) is 5.32 Å². The number of carbonyl (C=O) groups is 1. The van der Waals surface area contributed by atoms with E-state index in [2.05, 4.69) is 5.32 Å². The van der Waals surface area contributed by atoms with Crippen LogP contribution in [0, 0.1) is 11.8 Å². The molecule has 0 aliphatic heterocycles. The predicted octanol–water partition coefficient (Wildman–Crippen LogP) is 0.702. The molecule has 0 saturated heterocycles. The topological polar surface area (TPSA) is 69.6 Å². The van der Waals surface area contributed by atoms with Crippen LogP contribution in [0.5, 0.6) is 0 Å². The van der Waals surface area contributed by atoms with Crippen molar-refractivity contribution in [2.24, 2.45) is 11.8 Å². The maximum absolute atomic E-state index is 10.7. The smallest absolute Gasteiger partial charge is 0.307 e. The Morgan fingerprint density at radius 1 is 1.29 bits per heavy atom. The summed E-state index contributed by atoms with van der Waals surface area (Å²) < 4.78 is 0. The zero-order valence-corrected chi connectivity index (χ0v) is 9.32. The summed E-state index contributed by atoms with van der Waals surface area (Å²) in [7, 11) is 0. The third kappa shape index (κ3) is 4.07. The number of aliphatic carboxylic acids is 1. The van der Waals surface area contributed by atoms with Gasteiger partial charge in [-0.15, -0.1) is 0 Å². The molecule has 0 aromatic carbocycles. The molecule has 84 valence electrons. The minimum atomic E-state index is -0.814. The lowest BCUT2D eigenvalue weighted by Gasteiger charge is -2.26. The molecule has 3 N–H and O–H groups in total. The first-order chi connectivity index (χ1) is 6.40. The molecular formula is C10H21NO3. The van der Waals surface area contributed by atoms with Crippen LogP contribution in [0.1, 0.15) is 27.7 Å². The van der Waals surface area contributed by atoms with E-state index in [9.17, 15) is 4.79 Å². The molecule has 0 spiro atoms. The van der Waals surface area contributed by atoms with Gasteiger partial charge in [-0.3, -0.25) is 4.79 Å². The molecule has 0 bridgehead atoms. The highest BCUT2D eigenvalue weighted by molar-refractivity contribution is 5.70. The number of carboxylic acid groups (broad SMARTS) is 1. The minimum Gasteiger partial charge on any atom is -0.481 e. The predicted molar refractivity (Wildman–Crippen MR) is 55.1 cm³/mol. The lowest BCUT2D eigenvalue weighted by molar-refractivity contribution is -0.142. The fourth-order valence-electron chi connectivity index (χ4n) is 1.15. The van der Waals surface area contributed by atoms with Crippen LogP contribution in [0.15, 0.2) is 0 Å². The van der Waals surface area contributed by atoms with Crippen molar-refractivity contribution in [2.75, 3.05) is 6.61 Å². The Bertz CT molecular complexity index is 182. The van der Waals surface area contributed by atoms with Gasteiger partial charge in [0.2, 0.25) is 0 Å². The van der Waals surface area contributed by atoms with Gasteiger partial charge >= 0.3 is 5.97 Å². The summed E-state index contributed by atoms with van der Waals surface area (Å²) in [6.07, 6.45) is 0.